The summed E-state index contributed by atoms with van der Waals surface area (Å²) >= 11 is 2.14. The van der Waals surface area contributed by atoms with Crippen LogP contribution >= 0.6 is 22.6 Å². The molecule has 1 N–H and O–H groups in total. The lowest BCUT2D eigenvalue weighted by Crippen LogP contribution is -2.54. The number of benzene rings is 4. The van der Waals surface area contributed by atoms with Gasteiger partial charge >= 0.3 is 6.03 Å². The number of rotatable bonds is 6. The highest BCUT2D eigenvalue weighted by Crippen LogP contribution is 2.36. The second-order valence-electron chi connectivity index (χ2n) is 9.31. The molecule has 1 aliphatic rings. The highest BCUT2D eigenvalue weighted by Gasteiger charge is 2.37. The van der Waals surface area contributed by atoms with Crippen molar-refractivity contribution in [2.45, 2.75) is 20.5 Å². The predicted octanol–water partition coefficient (Wildman–Crippen LogP) is 6.32. The number of ether oxygens (including phenoxy) is 2. The smallest absolute Gasteiger partial charge is 0.335 e. The third-order valence-electron chi connectivity index (χ3n) is 6.33. The fraction of sp³-hybridized carbons (Fsp3) is 0.129. The molecule has 196 valence electrons. The summed E-state index contributed by atoms with van der Waals surface area (Å²) in [6.07, 6.45) is 1.46. The van der Waals surface area contributed by atoms with E-state index in [9.17, 15) is 14.4 Å². The van der Waals surface area contributed by atoms with Gasteiger partial charge in [-0.1, -0.05) is 42.5 Å². The zero-order chi connectivity index (χ0) is 27.7. The van der Waals surface area contributed by atoms with Gasteiger partial charge in [-0.25, -0.2) is 9.69 Å². The number of imide groups is 2. The van der Waals surface area contributed by atoms with Crippen molar-refractivity contribution in [3.63, 3.8) is 0 Å². The third-order valence-corrected chi connectivity index (χ3v) is 7.13. The molecular formula is C31H25IN2O5. The lowest BCUT2D eigenvalue weighted by molar-refractivity contribution is -0.122. The number of carbonyl (C=O) groups excluding carboxylic acids is 3. The van der Waals surface area contributed by atoms with E-state index >= 15 is 0 Å². The molecule has 4 amide bonds. The van der Waals surface area contributed by atoms with Crippen LogP contribution in [-0.4, -0.2) is 25.0 Å². The van der Waals surface area contributed by atoms with Gasteiger partial charge in [0.2, 0.25) is 0 Å². The number of carbonyl (C=O) groups is 3. The van der Waals surface area contributed by atoms with Gasteiger partial charge in [-0.3, -0.25) is 14.9 Å². The summed E-state index contributed by atoms with van der Waals surface area (Å²) in [5.74, 6) is -0.434. The molecule has 0 spiro atoms. The first-order chi connectivity index (χ1) is 18.7. The van der Waals surface area contributed by atoms with Gasteiger partial charge in [-0.05, 0) is 106 Å². The number of hydrogen-bond acceptors (Lipinski definition) is 5. The monoisotopic (exact) mass is 632 g/mol. The third kappa shape index (κ3) is 5.51. The summed E-state index contributed by atoms with van der Waals surface area (Å²) in [6, 6.07) is 22.4. The van der Waals surface area contributed by atoms with Crippen LogP contribution in [0, 0.1) is 17.4 Å². The van der Waals surface area contributed by atoms with E-state index in [1.807, 2.05) is 38.1 Å². The zero-order valence-corrected chi connectivity index (χ0v) is 23.7. The maximum Gasteiger partial charge on any atom is 0.335 e. The van der Waals surface area contributed by atoms with Gasteiger partial charge < -0.3 is 9.47 Å². The number of barbiturate groups is 1. The molecule has 5 rings (SSSR count). The largest absolute Gasteiger partial charge is 0.493 e. The summed E-state index contributed by atoms with van der Waals surface area (Å²) in [5, 5.41) is 4.56. The van der Waals surface area contributed by atoms with Crippen molar-refractivity contribution >= 4 is 63.0 Å². The molecule has 39 heavy (non-hydrogen) atoms. The van der Waals surface area contributed by atoms with Crippen molar-refractivity contribution in [1.82, 2.24) is 5.32 Å². The fourth-order valence-corrected chi connectivity index (χ4v) is 5.37. The topological polar surface area (TPSA) is 84.9 Å². The quantitative estimate of drug-likeness (QED) is 0.153. The molecule has 0 aromatic heterocycles. The molecule has 0 saturated carbocycles. The van der Waals surface area contributed by atoms with Crippen LogP contribution in [-0.2, 0) is 16.2 Å². The predicted molar refractivity (Wildman–Crippen MR) is 159 cm³/mol. The molecule has 0 atom stereocenters. The zero-order valence-electron chi connectivity index (χ0n) is 21.6. The van der Waals surface area contributed by atoms with Crippen LogP contribution in [0.4, 0.5) is 10.5 Å². The highest BCUT2D eigenvalue weighted by atomic mass is 127. The van der Waals surface area contributed by atoms with Crippen molar-refractivity contribution < 1.29 is 23.9 Å². The maximum atomic E-state index is 13.4. The molecular weight excluding hydrogens is 607 g/mol. The minimum absolute atomic E-state index is 0.156. The molecule has 4 aromatic rings. The number of nitrogens with one attached hydrogen (secondary N) is 1. The standard InChI is InChI=1S/C31H25IN2O5/c1-18-10-19(2)12-24(11-18)34-30(36)25(29(35)33-31(34)37)14-21-15-26(32)28(27(16-21)38-3)39-17-20-8-9-22-6-4-5-7-23(22)13-20/h4-16H,17H2,1-3H3,(H,33,35,37)/b25-14+. The van der Waals surface area contributed by atoms with E-state index in [-0.39, 0.29) is 5.57 Å². The van der Waals surface area contributed by atoms with Crippen molar-refractivity contribution in [2.24, 2.45) is 0 Å². The molecule has 0 radical (unpaired) electrons. The van der Waals surface area contributed by atoms with Gasteiger partial charge in [0, 0.05) is 0 Å². The molecule has 1 aliphatic heterocycles. The van der Waals surface area contributed by atoms with E-state index in [1.165, 1.54) is 13.2 Å². The summed E-state index contributed by atoms with van der Waals surface area (Å²) in [6.45, 7) is 4.09. The summed E-state index contributed by atoms with van der Waals surface area (Å²) < 4.78 is 12.5. The van der Waals surface area contributed by atoms with Crippen molar-refractivity contribution in [2.75, 3.05) is 12.0 Å². The Kier molecular flexibility index (Phi) is 7.38. The van der Waals surface area contributed by atoms with Crippen LogP contribution in [0.2, 0.25) is 0 Å². The van der Waals surface area contributed by atoms with E-state index in [0.717, 1.165) is 35.9 Å². The van der Waals surface area contributed by atoms with E-state index in [2.05, 4.69) is 52.2 Å². The van der Waals surface area contributed by atoms with Crippen LogP contribution in [0.3, 0.4) is 0 Å². The second kappa shape index (κ2) is 10.9. The number of hydrogen-bond donors (Lipinski definition) is 1. The lowest BCUT2D eigenvalue weighted by atomic mass is 10.0. The first kappa shape index (κ1) is 26.4. The van der Waals surface area contributed by atoms with Crippen LogP contribution in [0.25, 0.3) is 16.8 Å². The van der Waals surface area contributed by atoms with Gasteiger partial charge in [0.25, 0.3) is 11.8 Å². The SMILES string of the molecule is COc1cc(/C=C2\C(=O)NC(=O)N(c3cc(C)cc(C)c3)C2=O)cc(I)c1OCc1ccc2ccccc2c1. The molecule has 0 unspecified atom stereocenters. The number of urea groups is 1. The Morgan fingerprint density at radius 1 is 0.897 bits per heavy atom. The van der Waals surface area contributed by atoms with Crippen LogP contribution < -0.4 is 19.7 Å². The van der Waals surface area contributed by atoms with Crippen molar-refractivity contribution in [1.29, 1.82) is 0 Å². The van der Waals surface area contributed by atoms with Crippen LogP contribution in [0.15, 0.2) is 78.4 Å². The van der Waals surface area contributed by atoms with Crippen molar-refractivity contribution in [3.8, 4) is 11.5 Å². The Bertz CT molecular complexity index is 1660. The number of amides is 4. The van der Waals surface area contributed by atoms with Gasteiger partial charge in [0.15, 0.2) is 11.5 Å². The molecule has 1 saturated heterocycles. The summed E-state index contributed by atoms with van der Waals surface area (Å²) in [5.41, 5.74) is 3.61. The molecule has 8 heteroatoms. The maximum absolute atomic E-state index is 13.4. The number of fused-ring (bicyclic) bond motifs is 1. The number of nitrogens with zero attached hydrogens (tertiary/aromatic N) is 1. The highest BCUT2D eigenvalue weighted by molar-refractivity contribution is 14.1. The minimum atomic E-state index is -0.781. The van der Waals surface area contributed by atoms with E-state index in [1.54, 1.807) is 24.3 Å². The number of aryl methyl sites for hydroxylation is 2. The van der Waals surface area contributed by atoms with Crippen molar-refractivity contribution in [3.05, 3.63) is 104 Å². The number of anilines is 1. The number of methoxy groups -OCH3 is 1. The lowest BCUT2D eigenvalue weighted by Gasteiger charge is -2.27. The van der Waals surface area contributed by atoms with Gasteiger partial charge in [-0.15, -0.1) is 0 Å². The summed E-state index contributed by atoms with van der Waals surface area (Å²) in [7, 11) is 1.53. The molecule has 7 nitrogen and oxygen atoms in total. The van der Waals surface area contributed by atoms with E-state index in [0.29, 0.717) is 29.4 Å². The number of halogens is 1. The Labute approximate surface area is 239 Å². The van der Waals surface area contributed by atoms with Crippen LogP contribution in [0.5, 0.6) is 11.5 Å². The normalized spacial score (nSPS) is 14.6. The average Bonchev–Trinajstić information content (AvgIpc) is 2.89. The Morgan fingerprint density at radius 2 is 1.62 bits per heavy atom. The fourth-order valence-electron chi connectivity index (χ4n) is 4.59. The molecule has 1 heterocycles. The molecule has 4 aromatic carbocycles. The Morgan fingerprint density at radius 3 is 2.33 bits per heavy atom. The van der Waals surface area contributed by atoms with E-state index < -0.39 is 17.8 Å². The van der Waals surface area contributed by atoms with Gasteiger partial charge in [-0.2, -0.15) is 0 Å². The van der Waals surface area contributed by atoms with E-state index in [4.69, 9.17) is 9.47 Å². The average molecular weight is 632 g/mol. The molecule has 1 fully saturated rings. The molecule has 0 bridgehead atoms. The summed E-state index contributed by atoms with van der Waals surface area (Å²) in [4.78, 5) is 39.6. The van der Waals surface area contributed by atoms with Gasteiger partial charge in [0.05, 0.1) is 16.4 Å². The minimum Gasteiger partial charge on any atom is -0.493 e. The second-order valence-corrected chi connectivity index (χ2v) is 10.5. The Balaban J connectivity index is 1.43. The first-order valence-corrected chi connectivity index (χ1v) is 13.3. The Hall–Kier alpha value is -4.18. The first-order valence-electron chi connectivity index (χ1n) is 12.2. The molecule has 0 aliphatic carbocycles. The van der Waals surface area contributed by atoms with Gasteiger partial charge in [0.1, 0.15) is 12.2 Å². The van der Waals surface area contributed by atoms with Crippen LogP contribution in [0.1, 0.15) is 22.3 Å².